The minimum absolute atomic E-state index is 0.0305. The van der Waals surface area contributed by atoms with Crippen molar-refractivity contribution < 1.29 is 4.79 Å². The molecule has 3 heteroatoms. The molecule has 19 heavy (non-hydrogen) atoms. The maximum atomic E-state index is 11.6. The van der Waals surface area contributed by atoms with Gasteiger partial charge in [-0.15, -0.1) is 0 Å². The minimum atomic E-state index is -0.0305. The van der Waals surface area contributed by atoms with E-state index in [9.17, 15) is 4.79 Å². The van der Waals surface area contributed by atoms with Crippen molar-refractivity contribution >= 4 is 11.6 Å². The minimum Gasteiger partial charge on any atom is -0.381 e. The number of carbonyl (C=O) groups is 1. The molecule has 2 aromatic rings. The van der Waals surface area contributed by atoms with Crippen molar-refractivity contribution in [1.82, 2.24) is 5.32 Å². The zero-order chi connectivity index (χ0) is 13.5. The average Bonchev–Trinajstić information content (AvgIpc) is 2.47. The molecule has 2 aromatic carbocycles. The van der Waals surface area contributed by atoms with Crippen LogP contribution in [0, 0.1) is 0 Å². The van der Waals surface area contributed by atoms with Gasteiger partial charge in [0.25, 0.3) is 5.91 Å². The molecule has 0 spiro atoms. The molecule has 98 valence electrons. The molecule has 0 fully saturated rings. The quantitative estimate of drug-likeness (QED) is 0.861. The van der Waals surface area contributed by atoms with Crippen molar-refractivity contribution in [3.05, 3.63) is 65.7 Å². The molecule has 0 radical (unpaired) electrons. The van der Waals surface area contributed by atoms with E-state index in [-0.39, 0.29) is 5.91 Å². The Labute approximate surface area is 113 Å². The van der Waals surface area contributed by atoms with E-state index in [0.717, 1.165) is 12.2 Å². The van der Waals surface area contributed by atoms with Gasteiger partial charge >= 0.3 is 0 Å². The summed E-state index contributed by atoms with van der Waals surface area (Å²) < 4.78 is 0. The molecule has 2 rings (SSSR count). The van der Waals surface area contributed by atoms with E-state index in [2.05, 4.69) is 22.8 Å². The Morgan fingerprint density at radius 2 is 1.68 bits per heavy atom. The predicted molar refractivity (Wildman–Crippen MR) is 78.2 cm³/mol. The second kappa shape index (κ2) is 6.59. The first-order valence-corrected chi connectivity index (χ1v) is 6.45. The van der Waals surface area contributed by atoms with Crippen molar-refractivity contribution in [2.75, 3.05) is 11.9 Å². The van der Waals surface area contributed by atoms with Gasteiger partial charge in [0.1, 0.15) is 0 Å². The van der Waals surface area contributed by atoms with Crippen molar-refractivity contribution in [1.29, 1.82) is 0 Å². The van der Waals surface area contributed by atoms with Crippen LogP contribution >= 0.6 is 0 Å². The van der Waals surface area contributed by atoms with Gasteiger partial charge in [-0.05, 0) is 36.8 Å². The van der Waals surface area contributed by atoms with Gasteiger partial charge in [-0.2, -0.15) is 0 Å². The van der Waals surface area contributed by atoms with Gasteiger partial charge in [0.2, 0.25) is 0 Å². The van der Waals surface area contributed by atoms with Gasteiger partial charge in [-0.3, -0.25) is 4.79 Å². The first-order chi connectivity index (χ1) is 9.29. The number of benzene rings is 2. The lowest BCUT2D eigenvalue weighted by atomic mass is 10.2. The standard InChI is InChI=1S/C16H18N2O/c1-2-17-16(19)14-8-10-15(11-9-14)18-12-13-6-4-3-5-7-13/h3-11,18H,2,12H2,1H3,(H,17,19). The number of hydrogen-bond acceptors (Lipinski definition) is 2. The first kappa shape index (κ1) is 13.1. The normalized spacial score (nSPS) is 9.95. The maximum Gasteiger partial charge on any atom is 0.251 e. The molecule has 0 aliphatic rings. The Bertz CT molecular complexity index is 520. The number of hydrogen-bond donors (Lipinski definition) is 2. The van der Waals surface area contributed by atoms with Crippen LogP contribution in [-0.2, 0) is 6.54 Å². The van der Waals surface area contributed by atoms with Crippen molar-refractivity contribution in [2.24, 2.45) is 0 Å². The van der Waals surface area contributed by atoms with Gasteiger partial charge in [0.05, 0.1) is 0 Å². The molecule has 0 aliphatic heterocycles. The van der Waals surface area contributed by atoms with E-state index in [1.807, 2.05) is 49.4 Å². The first-order valence-electron chi connectivity index (χ1n) is 6.45. The SMILES string of the molecule is CCNC(=O)c1ccc(NCc2ccccc2)cc1. The average molecular weight is 254 g/mol. The highest BCUT2D eigenvalue weighted by molar-refractivity contribution is 5.94. The monoisotopic (exact) mass is 254 g/mol. The molecule has 0 bridgehead atoms. The zero-order valence-corrected chi connectivity index (χ0v) is 11.0. The molecule has 0 aliphatic carbocycles. The number of amides is 1. The van der Waals surface area contributed by atoms with Crippen LogP contribution in [0.2, 0.25) is 0 Å². The van der Waals surface area contributed by atoms with Gasteiger partial charge in [-0.25, -0.2) is 0 Å². The van der Waals surface area contributed by atoms with Crippen LogP contribution in [0.4, 0.5) is 5.69 Å². The van der Waals surface area contributed by atoms with E-state index >= 15 is 0 Å². The van der Waals surface area contributed by atoms with Crippen LogP contribution in [-0.4, -0.2) is 12.5 Å². The molecule has 0 unspecified atom stereocenters. The Morgan fingerprint density at radius 1 is 1.00 bits per heavy atom. The summed E-state index contributed by atoms with van der Waals surface area (Å²) in [5.41, 5.74) is 2.93. The van der Waals surface area contributed by atoms with E-state index in [1.165, 1.54) is 5.56 Å². The number of carbonyl (C=O) groups excluding carboxylic acids is 1. The smallest absolute Gasteiger partial charge is 0.251 e. The lowest BCUT2D eigenvalue weighted by Gasteiger charge is -2.07. The van der Waals surface area contributed by atoms with Crippen LogP contribution in [0.1, 0.15) is 22.8 Å². The van der Waals surface area contributed by atoms with Gasteiger partial charge in [0, 0.05) is 24.3 Å². The van der Waals surface area contributed by atoms with E-state index in [0.29, 0.717) is 12.1 Å². The fraction of sp³-hybridized carbons (Fsp3) is 0.188. The molecule has 0 saturated carbocycles. The van der Waals surface area contributed by atoms with Gasteiger partial charge in [-0.1, -0.05) is 30.3 Å². The number of rotatable bonds is 5. The summed E-state index contributed by atoms with van der Waals surface area (Å²) in [6, 6.07) is 17.7. The topological polar surface area (TPSA) is 41.1 Å². The summed E-state index contributed by atoms with van der Waals surface area (Å²) in [5.74, 6) is -0.0305. The highest BCUT2D eigenvalue weighted by Gasteiger charge is 2.03. The molecule has 3 nitrogen and oxygen atoms in total. The Hall–Kier alpha value is -2.29. The molecule has 2 N–H and O–H groups in total. The van der Waals surface area contributed by atoms with Crippen molar-refractivity contribution in [3.8, 4) is 0 Å². The third-order valence-electron chi connectivity index (χ3n) is 2.82. The van der Waals surface area contributed by atoms with E-state index in [1.54, 1.807) is 0 Å². The molecule has 0 heterocycles. The van der Waals surface area contributed by atoms with Crippen LogP contribution in [0.5, 0.6) is 0 Å². The Kier molecular flexibility index (Phi) is 4.56. The molecule has 0 aromatic heterocycles. The predicted octanol–water partition coefficient (Wildman–Crippen LogP) is 3.05. The third kappa shape index (κ3) is 3.85. The zero-order valence-electron chi connectivity index (χ0n) is 11.0. The van der Waals surface area contributed by atoms with Crippen molar-refractivity contribution in [2.45, 2.75) is 13.5 Å². The summed E-state index contributed by atoms with van der Waals surface area (Å²) in [5, 5.41) is 6.11. The van der Waals surface area contributed by atoms with Gasteiger partial charge in [0.15, 0.2) is 0 Å². The van der Waals surface area contributed by atoms with Gasteiger partial charge < -0.3 is 10.6 Å². The second-order valence-electron chi connectivity index (χ2n) is 4.28. The lowest BCUT2D eigenvalue weighted by Crippen LogP contribution is -2.22. The molecule has 0 saturated heterocycles. The number of nitrogens with one attached hydrogen (secondary N) is 2. The number of anilines is 1. The van der Waals surface area contributed by atoms with Crippen molar-refractivity contribution in [3.63, 3.8) is 0 Å². The molecular weight excluding hydrogens is 236 g/mol. The van der Waals surface area contributed by atoms with E-state index in [4.69, 9.17) is 0 Å². The summed E-state index contributed by atoms with van der Waals surface area (Å²) in [7, 11) is 0. The van der Waals surface area contributed by atoms with Crippen LogP contribution in [0.3, 0.4) is 0 Å². The van der Waals surface area contributed by atoms with Crippen LogP contribution in [0.15, 0.2) is 54.6 Å². The Balaban J connectivity index is 1.94. The van der Waals surface area contributed by atoms with Crippen LogP contribution < -0.4 is 10.6 Å². The fourth-order valence-corrected chi connectivity index (χ4v) is 1.80. The highest BCUT2D eigenvalue weighted by atomic mass is 16.1. The molecule has 1 amide bonds. The molecule has 0 atom stereocenters. The Morgan fingerprint density at radius 3 is 2.32 bits per heavy atom. The van der Waals surface area contributed by atoms with E-state index < -0.39 is 0 Å². The highest BCUT2D eigenvalue weighted by Crippen LogP contribution is 2.11. The maximum absolute atomic E-state index is 11.6. The molecular formula is C16H18N2O. The summed E-state index contributed by atoms with van der Waals surface area (Å²) in [6.45, 7) is 3.34. The van der Waals surface area contributed by atoms with Crippen LogP contribution in [0.25, 0.3) is 0 Å². The lowest BCUT2D eigenvalue weighted by molar-refractivity contribution is 0.0956. The summed E-state index contributed by atoms with van der Waals surface area (Å²) >= 11 is 0. The third-order valence-corrected chi connectivity index (χ3v) is 2.82. The largest absolute Gasteiger partial charge is 0.381 e. The summed E-state index contributed by atoms with van der Waals surface area (Å²) in [4.78, 5) is 11.6. The summed E-state index contributed by atoms with van der Waals surface area (Å²) in [6.07, 6.45) is 0. The fourth-order valence-electron chi connectivity index (χ4n) is 1.80. The second-order valence-corrected chi connectivity index (χ2v) is 4.28.